The lowest BCUT2D eigenvalue weighted by atomic mass is 10.2. The van der Waals surface area contributed by atoms with Gasteiger partial charge in [0.15, 0.2) is 5.87 Å². The van der Waals surface area contributed by atoms with Gasteiger partial charge in [0.1, 0.15) is 25.0 Å². The molecule has 2 rings (SSSR count). The Balaban J connectivity index is 2.62. The maximum absolute atomic E-state index is 4.40. The van der Waals surface area contributed by atoms with Crippen molar-refractivity contribution in [3.8, 4) is 0 Å². The number of halogens is 2. The highest BCUT2D eigenvalue weighted by atomic mass is 127. The Hall–Kier alpha value is -0.530. The molecule has 3 nitrogen and oxygen atoms in total. The average Bonchev–Trinajstić information content (AvgIpc) is 2.44. The summed E-state index contributed by atoms with van der Waals surface area (Å²) in [5.41, 5.74) is 1.10. The molecule has 2 heterocycles. The first-order valence-electron chi connectivity index (χ1n) is 4.63. The van der Waals surface area contributed by atoms with E-state index in [1.807, 2.05) is 38.8 Å². The highest BCUT2D eigenvalue weighted by Crippen LogP contribution is 2.22. The number of hydrogen-bond donors (Lipinski definition) is 0. The molecule has 1 aliphatic heterocycles. The molecular weight excluding hydrogens is 428 g/mol. The quantitative estimate of drug-likeness (QED) is 0.375. The lowest BCUT2D eigenvalue weighted by Gasteiger charge is -1.97. The van der Waals surface area contributed by atoms with Gasteiger partial charge in [0.2, 0.25) is 22.9 Å². The van der Waals surface area contributed by atoms with Crippen LogP contribution in [0.4, 0.5) is 0 Å². The van der Waals surface area contributed by atoms with Crippen LogP contribution in [-0.4, -0.2) is 22.5 Å². The normalized spacial score (nSPS) is 15.1. The van der Waals surface area contributed by atoms with Crippen molar-refractivity contribution in [1.29, 1.82) is 0 Å². The van der Waals surface area contributed by atoms with E-state index in [4.69, 9.17) is 0 Å². The zero-order valence-electron chi connectivity index (χ0n) is 8.56. The summed E-state index contributed by atoms with van der Waals surface area (Å²) in [7, 11) is 1.98. The summed E-state index contributed by atoms with van der Waals surface area (Å²) in [4.78, 5) is 4.40. The molecule has 5 heteroatoms. The second-order valence-electron chi connectivity index (χ2n) is 3.17. The van der Waals surface area contributed by atoms with Crippen LogP contribution in [0.3, 0.4) is 0 Å². The van der Waals surface area contributed by atoms with E-state index >= 15 is 0 Å². The van der Waals surface area contributed by atoms with Gasteiger partial charge in [-0.15, -0.1) is 4.58 Å². The SMILES string of the molecule is C[N+]1=C=CC=CC(c2nccc[n+]2I)=C1I. The molecule has 0 N–H and O–H groups in total. The minimum Gasteiger partial charge on any atom is -0.169 e. The van der Waals surface area contributed by atoms with Gasteiger partial charge < -0.3 is 0 Å². The number of allylic oxidation sites excluding steroid dienone is 4. The zero-order chi connectivity index (χ0) is 11.5. The lowest BCUT2D eigenvalue weighted by Crippen LogP contribution is -2.26. The van der Waals surface area contributed by atoms with Crippen molar-refractivity contribution in [2.45, 2.75) is 0 Å². The molecule has 0 spiro atoms. The molecule has 0 amide bonds. The van der Waals surface area contributed by atoms with Crippen LogP contribution in [0.5, 0.6) is 0 Å². The van der Waals surface area contributed by atoms with Gasteiger partial charge in [-0.25, -0.2) is 0 Å². The van der Waals surface area contributed by atoms with E-state index in [-0.39, 0.29) is 0 Å². The maximum Gasteiger partial charge on any atom is 0.346 e. The molecule has 0 bridgehead atoms. The van der Waals surface area contributed by atoms with Crippen LogP contribution in [0.25, 0.3) is 5.57 Å². The lowest BCUT2D eigenvalue weighted by molar-refractivity contribution is -0.450. The maximum atomic E-state index is 4.40. The second-order valence-corrected chi connectivity index (χ2v) is 5.23. The third-order valence-corrected chi connectivity index (χ3v) is 4.17. The van der Waals surface area contributed by atoms with Crippen molar-refractivity contribution in [2.24, 2.45) is 0 Å². The van der Waals surface area contributed by atoms with Crippen molar-refractivity contribution in [2.75, 3.05) is 7.05 Å². The summed E-state index contributed by atoms with van der Waals surface area (Å²) < 4.78 is 5.04. The molecule has 0 radical (unpaired) electrons. The van der Waals surface area contributed by atoms with Gasteiger partial charge in [-0.05, 0) is 17.1 Å². The minimum absolute atomic E-state index is 0.938. The molecule has 1 aliphatic rings. The highest BCUT2D eigenvalue weighted by Gasteiger charge is 2.23. The molecule has 0 saturated heterocycles. The molecule has 0 fully saturated rings. The molecule has 1 aromatic rings. The Morgan fingerprint density at radius 3 is 3.00 bits per heavy atom. The van der Waals surface area contributed by atoms with E-state index in [2.05, 4.69) is 62.4 Å². The van der Waals surface area contributed by atoms with E-state index in [1.54, 1.807) is 6.20 Å². The smallest absolute Gasteiger partial charge is 0.169 e. The fraction of sp³-hybridized carbons (Fsp3) is 0.0909. The van der Waals surface area contributed by atoms with Gasteiger partial charge in [0, 0.05) is 34.7 Å². The molecule has 16 heavy (non-hydrogen) atoms. The Labute approximate surface area is 122 Å². The van der Waals surface area contributed by atoms with Crippen LogP contribution in [0.15, 0.2) is 40.4 Å². The van der Waals surface area contributed by atoms with E-state index in [0.29, 0.717) is 0 Å². The van der Waals surface area contributed by atoms with Crippen LogP contribution < -0.4 is 2.78 Å². The minimum atomic E-state index is 0.938. The molecule has 0 aromatic carbocycles. The fourth-order valence-corrected chi connectivity index (χ4v) is 2.44. The van der Waals surface area contributed by atoms with E-state index in [0.717, 1.165) is 15.1 Å². The largest absolute Gasteiger partial charge is 0.346 e. The summed E-state index contributed by atoms with van der Waals surface area (Å²) in [6.45, 7) is 0. The first-order valence-corrected chi connectivity index (χ1v) is 6.67. The van der Waals surface area contributed by atoms with Gasteiger partial charge in [0.25, 0.3) is 3.70 Å². The van der Waals surface area contributed by atoms with Crippen LogP contribution in [0.2, 0.25) is 0 Å². The van der Waals surface area contributed by atoms with Crippen molar-refractivity contribution in [1.82, 2.24) is 4.98 Å². The predicted octanol–water partition coefficient (Wildman–Crippen LogP) is 2.11. The van der Waals surface area contributed by atoms with Crippen molar-refractivity contribution < 1.29 is 7.36 Å². The molecular formula is C11H9I2N3+2. The summed E-state index contributed by atoms with van der Waals surface area (Å²) >= 11 is 4.53. The number of nitrogens with zero attached hydrogens (tertiary/aromatic N) is 3. The summed E-state index contributed by atoms with van der Waals surface area (Å²) in [6.07, 6.45) is 9.71. The third kappa shape index (κ3) is 2.41. The average molecular weight is 437 g/mol. The van der Waals surface area contributed by atoms with Crippen molar-refractivity contribution in [3.63, 3.8) is 0 Å². The number of hydrogen-bond acceptors (Lipinski definition) is 1. The number of aromatic nitrogens is 2. The summed E-state index contributed by atoms with van der Waals surface area (Å²) in [5, 5.41) is 0. The van der Waals surface area contributed by atoms with Gasteiger partial charge in [-0.3, -0.25) is 0 Å². The van der Waals surface area contributed by atoms with Gasteiger partial charge in [0.05, 0.1) is 0 Å². The monoisotopic (exact) mass is 437 g/mol. The van der Waals surface area contributed by atoms with Crippen molar-refractivity contribution in [3.05, 3.63) is 46.2 Å². The molecule has 80 valence electrons. The molecule has 1 aromatic heterocycles. The first-order chi connectivity index (χ1) is 7.70. The zero-order valence-corrected chi connectivity index (χ0v) is 12.9. The van der Waals surface area contributed by atoms with E-state index in [1.165, 1.54) is 0 Å². The molecule has 0 saturated carbocycles. The molecule has 0 atom stereocenters. The fourth-order valence-electron chi connectivity index (χ4n) is 1.31. The Morgan fingerprint density at radius 2 is 2.25 bits per heavy atom. The van der Waals surface area contributed by atoms with Gasteiger partial charge in [-0.1, -0.05) is 0 Å². The van der Waals surface area contributed by atoms with Gasteiger partial charge >= 0.3 is 5.82 Å². The third-order valence-electron chi connectivity index (χ3n) is 2.09. The van der Waals surface area contributed by atoms with Gasteiger partial charge in [-0.2, -0.15) is 2.78 Å². The van der Waals surface area contributed by atoms with Crippen molar-refractivity contribution >= 4 is 56.9 Å². The Bertz CT molecular complexity index is 552. The van der Waals surface area contributed by atoms with E-state index < -0.39 is 0 Å². The molecule has 0 unspecified atom stereocenters. The van der Waals surface area contributed by atoms with E-state index in [9.17, 15) is 0 Å². The topological polar surface area (TPSA) is 19.8 Å². The highest BCUT2D eigenvalue weighted by molar-refractivity contribution is 14.1. The Morgan fingerprint density at radius 1 is 1.44 bits per heavy atom. The predicted molar refractivity (Wildman–Crippen MR) is 79.7 cm³/mol. The standard InChI is InChI=1S/C11H9I2N3/c1-15-7-3-2-5-9(10(15)12)11-14-6-4-8-16(11)13/h2-6,8H,1H3/q+2. The van der Waals surface area contributed by atoms with Crippen LogP contribution in [0, 0.1) is 0 Å². The molecule has 0 aliphatic carbocycles. The van der Waals surface area contributed by atoms with Crippen LogP contribution >= 0.6 is 45.5 Å². The Kier molecular flexibility index (Phi) is 3.88. The second kappa shape index (κ2) is 5.20. The van der Waals surface area contributed by atoms with Crippen LogP contribution in [0.1, 0.15) is 5.82 Å². The number of rotatable bonds is 1. The summed E-state index contributed by atoms with van der Waals surface area (Å²) in [5.74, 6) is 4.07. The first kappa shape index (κ1) is 11.9. The van der Waals surface area contributed by atoms with Crippen LogP contribution in [-0.2, 0) is 0 Å². The summed E-state index contributed by atoms with van der Waals surface area (Å²) in [6, 6.07) is 1.91.